The summed E-state index contributed by atoms with van der Waals surface area (Å²) in [4.78, 5) is 25.3. The first-order chi connectivity index (χ1) is 9.36. The second-order valence-corrected chi connectivity index (χ2v) is 5.25. The van der Waals surface area contributed by atoms with Crippen LogP contribution in [0.3, 0.4) is 0 Å². The summed E-state index contributed by atoms with van der Waals surface area (Å²) in [6.07, 6.45) is 0. The van der Waals surface area contributed by atoms with Crippen molar-refractivity contribution in [1.29, 1.82) is 0 Å². The van der Waals surface area contributed by atoms with Gasteiger partial charge in [0.1, 0.15) is 0 Å². The smallest absolute Gasteiger partial charge is 0.254 e. The maximum Gasteiger partial charge on any atom is 0.254 e. The number of halogens is 2. The van der Waals surface area contributed by atoms with Crippen LogP contribution in [-0.4, -0.2) is 44.4 Å². The molecule has 1 aromatic rings. The summed E-state index contributed by atoms with van der Waals surface area (Å²) in [7, 11) is 5.09. The van der Waals surface area contributed by atoms with Gasteiger partial charge in [-0.15, -0.1) is 12.4 Å². The number of carbonyl (C=O) groups is 2. The van der Waals surface area contributed by atoms with Crippen molar-refractivity contribution in [3.05, 3.63) is 28.8 Å². The van der Waals surface area contributed by atoms with Crippen molar-refractivity contribution in [2.75, 3.05) is 33.0 Å². The minimum Gasteiger partial charge on any atom is -0.345 e. The molecule has 2 N–H and O–H groups in total. The molecule has 21 heavy (non-hydrogen) atoms. The van der Waals surface area contributed by atoms with Gasteiger partial charge in [0.25, 0.3) is 5.91 Å². The van der Waals surface area contributed by atoms with Crippen LogP contribution in [0.1, 0.15) is 17.3 Å². The molecule has 0 heterocycles. The SMILES string of the molecule is CNCC(C)C(=O)Nc1ccc(Cl)c(C(=O)N(C)C)c1.Cl. The molecule has 1 rings (SSSR count). The van der Waals surface area contributed by atoms with Crippen molar-refractivity contribution < 1.29 is 9.59 Å². The van der Waals surface area contributed by atoms with Gasteiger partial charge >= 0.3 is 0 Å². The van der Waals surface area contributed by atoms with Crippen molar-refractivity contribution in [1.82, 2.24) is 10.2 Å². The number of rotatable bonds is 5. The third-order valence-corrected chi connectivity index (χ3v) is 3.16. The topological polar surface area (TPSA) is 61.4 Å². The Hall–Kier alpha value is -1.30. The van der Waals surface area contributed by atoms with Crippen LogP contribution < -0.4 is 10.6 Å². The lowest BCUT2D eigenvalue weighted by Crippen LogP contribution is -2.28. The molecule has 0 saturated carbocycles. The zero-order chi connectivity index (χ0) is 15.3. The Bertz CT molecular complexity index is 507. The van der Waals surface area contributed by atoms with E-state index in [1.807, 2.05) is 6.92 Å². The van der Waals surface area contributed by atoms with E-state index >= 15 is 0 Å². The quantitative estimate of drug-likeness (QED) is 0.868. The van der Waals surface area contributed by atoms with E-state index in [1.54, 1.807) is 39.3 Å². The molecule has 1 atom stereocenters. The molecule has 2 amide bonds. The molecule has 0 spiro atoms. The first-order valence-corrected chi connectivity index (χ1v) is 6.71. The van der Waals surface area contributed by atoms with Gasteiger partial charge in [-0.25, -0.2) is 0 Å². The van der Waals surface area contributed by atoms with Gasteiger partial charge in [0.2, 0.25) is 5.91 Å². The van der Waals surface area contributed by atoms with Gasteiger partial charge in [-0.1, -0.05) is 18.5 Å². The molecule has 5 nitrogen and oxygen atoms in total. The summed E-state index contributed by atoms with van der Waals surface area (Å²) in [6.45, 7) is 2.41. The lowest BCUT2D eigenvalue weighted by molar-refractivity contribution is -0.119. The Morgan fingerprint density at radius 2 is 1.95 bits per heavy atom. The van der Waals surface area contributed by atoms with E-state index in [0.717, 1.165) is 0 Å². The molecule has 0 fully saturated rings. The number of anilines is 1. The Labute approximate surface area is 136 Å². The molecule has 7 heteroatoms. The van der Waals surface area contributed by atoms with Gasteiger partial charge in [0.15, 0.2) is 0 Å². The van der Waals surface area contributed by atoms with Crippen molar-refractivity contribution in [2.45, 2.75) is 6.92 Å². The first kappa shape index (κ1) is 19.7. The first-order valence-electron chi connectivity index (χ1n) is 6.33. The van der Waals surface area contributed by atoms with Crippen LogP contribution in [0.5, 0.6) is 0 Å². The molecule has 0 bridgehead atoms. The largest absolute Gasteiger partial charge is 0.345 e. The van der Waals surface area contributed by atoms with Gasteiger partial charge in [-0.2, -0.15) is 0 Å². The lowest BCUT2D eigenvalue weighted by atomic mass is 10.1. The van der Waals surface area contributed by atoms with Crippen LogP contribution in [-0.2, 0) is 4.79 Å². The summed E-state index contributed by atoms with van der Waals surface area (Å²) < 4.78 is 0. The Morgan fingerprint density at radius 3 is 2.48 bits per heavy atom. The monoisotopic (exact) mass is 333 g/mol. The predicted molar refractivity (Wildman–Crippen MR) is 88.4 cm³/mol. The van der Waals surface area contributed by atoms with E-state index in [1.165, 1.54) is 4.90 Å². The Morgan fingerprint density at radius 1 is 1.33 bits per heavy atom. The molecule has 1 aromatic carbocycles. The van der Waals surface area contributed by atoms with Crippen molar-refractivity contribution >= 4 is 41.5 Å². The van der Waals surface area contributed by atoms with Crippen molar-refractivity contribution in [3.8, 4) is 0 Å². The van der Waals surface area contributed by atoms with E-state index in [-0.39, 0.29) is 30.1 Å². The van der Waals surface area contributed by atoms with Crippen LogP contribution in [0, 0.1) is 5.92 Å². The predicted octanol–water partition coefficient (Wildman–Crippen LogP) is 2.26. The van der Waals surface area contributed by atoms with Crippen LogP contribution in [0.4, 0.5) is 5.69 Å². The highest BCUT2D eigenvalue weighted by Gasteiger charge is 2.16. The number of nitrogens with one attached hydrogen (secondary N) is 2. The van der Waals surface area contributed by atoms with Gasteiger partial charge in [0, 0.05) is 32.2 Å². The van der Waals surface area contributed by atoms with Crippen LogP contribution >= 0.6 is 24.0 Å². The molecule has 0 radical (unpaired) electrons. The Balaban J connectivity index is 0.00000400. The number of hydrogen-bond acceptors (Lipinski definition) is 3. The van der Waals surface area contributed by atoms with Gasteiger partial charge in [-0.3, -0.25) is 9.59 Å². The van der Waals surface area contributed by atoms with E-state index in [2.05, 4.69) is 10.6 Å². The molecule has 0 aliphatic rings. The fourth-order valence-corrected chi connectivity index (χ4v) is 1.87. The minimum absolute atomic E-state index is 0. The second kappa shape index (κ2) is 8.87. The second-order valence-electron chi connectivity index (χ2n) is 4.84. The number of benzene rings is 1. The highest BCUT2D eigenvalue weighted by molar-refractivity contribution is 6.34. The van der Waals surface area contributed by atoms with Crippen molar-refractivity contribution in [2.24, 2.45) is 5.92 Å². The van der Waals surface area contributed by atoms with Gasteiger partial charge in [-0.05, 0) is 25.2 Å². The molecule has 0 aliphatic carbocycles. The summed E-state index contributed by atoms with van der Waals surface area (Å²) in [5.41, 5.74) is 0.934. The van der Waals surface area contributed by atoms with Crippen molar-refractivity contribution in [3.63, 3.8) is 0 Å². The maximum atomic E-state index is 12.0. The number of amides is 2. The highest BCUT2D eigenvalue weighted by Crippen LogP contribution is 2.22. The molecule has 0 saturated heterocycles. The van der Waals surface area contributed by atoms with Crippen LogP contribution in [0.15, 0.2) is 18.2 Å². The molecule has 0 aromatic heterocycles. The zero-order valence-electron chi connectivity index (χ0n) is 12.6. The highest BCUT2D eigenvalue weighted by atomic mass is 35.5. The number of nitrogens with zero attached hydrogens (tertiary/aromatic N) is 1. The molecule has 1 unspecified atom stereocenters. The Kier molecular flexibility index (Phi) is 8.32. The van der Waals surface area contributed by atoms with E-state index in [9.17, 15) is 9.59 Å². The van der Waals surface area contributed by atoms with E-state index in [0.29, 0.717) is 22.8 Å². The van der Waals surface area contributed by atoms with Crippen LogP contribution in [0.25, 0.3) is 0 Å². The molecular formula is C14H21Cl2N3O2. The normalized spacial score (nSPS) is 11.3. The summed E-state index contributed by atoms with van der Waals surface area (Å²) >= 11 is 6.01. The molecular weight excluding hydrogens is 313 g/mol. The molecule has 118 valence electrons. The zero-order valence-corrected chi connectivity index (χ0v) is 14.1. The fourth-order valence-electron chi connectivity index (χ4n) is 1.67. The average molecular weight is 334 g/mol. The van der Waals surface area contributed by atoms with Gasteiger partial charge < -0.3 is 15.5 Å². The summed E-state index contributed by atoms with van der Waals surface area (Å²) in [5.74, 6) is -0.469. The summed E-state index contributed by atoms with van der Waals surface area (Å²) in [5, 5.41) is 6.09. The number of carbonyl (C=O) groups excluding carboxylic acids is 2. The van der Waals surface area contributed by atoms with E-state index in [4.69, 9.17) is 11.6 Å². The minimum atomic E-state index is -0.200. The standard InChI is InChI=1S/C14H20ClN3O2.ClH/c1-9(8-16-2)13(19)17-10-5-6-12(15)11(7-10)14(20)18(3)4;/h5-7,9,16H,8H2,1-4H3,(H,17,19);1H. The van der Waals surface area contributed by atoms with Gasteiger partial charge in [0.05, 0.1) is 10.6 Å². The summed E-state index contributed by atoms with van der Waals surface area (Å²) in [6, 6.07) is 4.88. The van der Waals surface area contributed by atoms with Crippen LogP contribution in [0.2, 0.25) is 5.02 Å². The number of hydrogen-bond donors (Lipinski definition) is 2. The maximum absolute atomic E-state index is 12.0. The third kappa shape index (κ3) is 5.53. The average Bonchev–Trinajstić information content (AvgIpc) is 2.40. The van der Waals surface area contributed by atoms with E-state index < -0.39 is 0 Å². The fraction of sp³-hybridized carbons (Fsp3) is 0.429. The third-order valence-electron chi connectivity index (χ3n) is 2.83. The lowest BCUT2D eigenvalue weighted by Gasteiger charge is -2.15. The molecule has 0 aliphatic heterocycles.